The van der Waals surface area contributed by atoms with Crippen LogP contribution in [0.1, 0.15) is 41.7 Å². The van der Waals surface area contributed by atoms with Gasteiger partial charge in [-0.25, -0.2) is 8.78 Å². The molecule has 3 rings (SSSR count). The summed E-state index contributed by atoms with van der Waals surface area (Å²) in [4.78, 5) is 24.0. The van der Waals surface area contributed by atoms with Gasteiger partial charge in [-0.3, -0.25) is 9.59 Å². The molecule has 2 N–H and O–H groups in total. The predicted molar refractivity (Wildman–Crippen MR) is 90.0 cm³/mol. The third-order valence-corrected chi connectivity index (χ3v) is 4.15. The average Bonchev–Trinajstić information content (AvgIpc) is 3.43. The Morgan fingerprint density at radius 3 is 2.32 bits per heavy atom. The van der Waals surface area contributed by atoms with Crippen LogP contribution < -0.4 is 10.6 Å². The van der Waals surface area contributed by atoms with E-state index in [2.05, 4.69) is 10.6 Å². The van der Waals surface area contributed by atoms with Crippen LogP contribution in [-0.2, 0) is 4.79 Å². The standard InChI is InChI=1S/C19H18F2N2O2/c1-11(14-6-9-16(20)17(21)10-14)22-18(24)13-4-7-15(8-5-13)23-19(25)12-2-3-12/h4-12H,2-3H2,1H3,(H,22,24)(H,23,25). The summed E-state index contributed by atoms with van der Waals surface area (Å²) in [7, 11) is 0. The van der Waals surface area contributed by atoms with Crippen molar-refractivity contribution in [3.63, 3.8) is 0 Å². The summed E-state index contributed by atoms with van der Waals surface area (Å²) in [5.74, 6) is -2.10. The number of hydrogen-bond acceptors (Lipinski definition) is 2. The monoisotopic (exact) mass is 344 g/mol. The van der Waals surface area contributed by atoms with Crippen molar-refractivity contribution in [2.24, 2.45) is 5.92 Å². The van der Waals surface area contributed by atoms with Gasteiger partial charge in [0, 0.05) is 17.2 Å². The van der Waals surface area contributed by atoms with Gasteiger partial charge in [0.15, 0.2) is 11.6 Å². The third kappa shape index (κ3) is 4.21. The molecule has 1 saturated carbocycles. The van der Waals surface area contributed by atoms with E-state index >= 15 is 0 Å². The summed E-state index contributed by atoms with van der Waals surface area (Å²) in [6, 6.07) is 9.60. The molecule has 0 bridgehead atoms. The predicted octanol–water partition coefficient (Wildman–Crippen LogP) is 3.80. The molecule has 2 amide bonds. The minimum absolute atomic E-state index is 0.00385. The fourth-order valence-corrected chi connectivity index (χ4v) is 2.44. The van der Waals surface area contributed by atoms with E-state index in [-0.39, 0.29) is 17.7 Å². The highest BCUT2D eigenvalue weighted by Crippen LogP contribution is 2.30. The van der Waals surface area contributed by atoms with E-state index in [1.54, 1.807) is 31.2 Å². The second-order valence-electron chi connectivity index (χ2n) is 6.21. The van der Waals surface area contributed by atoms with E-state index in [1.807, 2.05) is 0 Å². The minimum Gasteiger partial charge on any atom is -0.346 e. The number of nitrogens with one attached hydrogen (secondary N) is 2. The highest BCUT2D eigenvalue weighted by molar-refractivity contribution is 5.96. The van der Waals surface area contributed by atoms with Crippen LogP contribution in [0.15, 0.2) is 42.5 Å². The Kier molecular flexibility index (Phi) is 4.79. The summed E-state index contributed by atoms with van der Waals surface area (Å²) in [6.45, 7) is 1.69. The fraction of sp³-hybridized carbons (Fsp3) is 0.263. The lowest BCUT2D eigenvalue weighted by atomic mass is 10.1. The molecule has 6 heteroatoms. The van der Waals surface area contributed by atoms with Crippen molar-refractivity contribution in [3.8, 4) is 0 Å². The second-order valence-corrected chi connectivity index (χ2v) is 6.21. The largest absolute Gasteiger partial charge is 0.346 e. The first-order valence-electron chi connectivity index (χ1n) is 8.11. The lowest BCUT2D eigenvalue weighted by molar-refractivity contribution is -0.117. The van der Waals surface area contributed by atoms with E-state index in [1.165, 1.54) is 6.07 Å². The molecule has 1 unspecified atom stereocenters. The van der Waals surface area contributed by atoms with Crippen LogP contribution in [0, 0.1) is 17.6 Å². The highest BCUT2D eigenvalue weighted by Gasteiger charge is 2.29. The molecule has 0 saturated heterocycles. The molecule has 0 aliphatic heterocycles. The van der Waals surface area contributed by atoms with Crippen molar-refractivity contribution in [1.29, 1.82) is 0 Å². The van der Waals surface area contributed by atoms with E-state index < -0.39 is 17.7 Å². The molecule has 1 atom stereocenters. The number of benzene rings is 2. The Balaban J connectivity index is 1.61. The summed E-state index contributed by atoms with van der Waals surface area (Å²) in [5, 5.41) is 5.53. The zero-order valence-electron chi connectivity index (χ0n) is 13.7. The molecular weight excluding hydrogens is 326 g/mol. The van der Waals surface area contributed by atoms with E-state index in [4.69, 9.17) is 0 Å². The zero-order chi connectivity index (χ0) is 18.0. The minimum atomic E-state index is -0.950. The number of amides is 2. The smallest absolute Gasteiger partial charge is 0.251 e. The van der Waals surface area contributed by atoms with Gasteiger partial charge in [-0.05, 0) is 61.7 Å². The van der Waals surface area contributed by atoms with Crippen LogP contribution in [0.25, 0.3) is 0 Å². The van der Waals surface area contributed by atoms with Gasteiger partial charge in [0.05, 0.1) is 6.04 Å². The number of anilines is 1. The Labute approximate surface area is 144 Å². The lowest BCUT2D eigenvalue weighted by Gasteiger charge is -2.15. The maximum atomic E-state index is 13.3. The molecule has 0 spiro atoms. The summed E-state index contributed by atoms with van der Waals surface area (Å²) < 4.78 is 26.3. The van der Waals surface area contributed by atoms with Crippen molar-refractivity contribution in [2.75, 3.05) is 5.32 Å². The van der Waals surface area contributed by atoms with E-state index in [0.29, 0.717) is 16.8 Å². The van der Waals surface area contributed by atoms with Crippen LogP contribution >= 0.6 is 0 Å². The van der Waals surface area contributed by atoms with E-state index in [9.17, 15) is 18.4 Å². The normalized spacial score (nSPS) is 14.7. The van der Waals surface area contributed by atoms with E-state index in [0.717, 1.165) is 25.0 Å². The molecule has 2 aromatic carbocycles. The van der Waals surface area contributed by atoms with Gasteiger partial charge in [0.25, 0.3) is 5.91 Å². The van der Waals surface area contributed by atoms with Crippen LogP contribution in [-0.4, -0.2) is 11.8 Å². The first-order valence-corrected chi connectivity index (χ1v) is 8.11. The van der Waals surface area contributed by atoms with Gasteiger partial charge in [-0.1, -0.05) is 6.07 Å². The molecule has 25 heavy (non-hydrogen) atoms. The SMILES string of the molecule is CC(NC(=O)c1ccc(NC(=O)C2CC2)cc1)c1ccc(F)c(F)c1. The number of carbonyl (C=O) groups is 2. The topological polar surface area (TPSA) is 58.2 Å². The van der Waals surface area contributed by atoms with Gasteiger partial charge >= 0.3 is 0 Å². The zero-order valence-corrected chi connectivity index (χ0v) is 13.7. The van der Waals surface area contributed by atoms with Crippen LogP contribution in [0.4, 0.5) is 14.5 Å². The second kappa shape index (κ2) is 7.01. The van der Waals surface area contributed by atoms with Crippen molar-refractivity contribution in [1.82, 2.24) is 5.32 Å². The van der Waals surface area contributed by atoms with Crippen molar-refractivity contribution < 1.29 is 18.4 Å². The Morgan fingerprint density at radius 2 is 1.72 bits per heavy atom. The first-order chi connectivity index (χ1) is 11.9. The lowest BCUT2D eigenvalue weighted by Crippen LogP contribution is -2.26. The van der Waals surface area contributed by atoms with Crippen molar-refractivity contribution in [3.05, 3.63) is 65.2 Å². The molecule has 4 nitrogen and oxygen atoms in total. The fourth-order valence-electron chi connectivity index (χ4n) is 2.44. The van der Waals surface area contributed by atoms with Crippen molar-refractivity contribution >= 4 is 17.5 Å². The van der Waals surface area contributed by atoms with Gasteiger partial charge < -0.3 is 10.6 Å². The van der Waals surface area contributed by atoms with Gasteiger partial charge in [0.1, 0.15) is 0 Å². The number of halogens is 2. The maximum absolute atomic E-state index is 13.3. The molecule has 130 valence electrons. The molecule has 1 aliphatic rings. The van der Waals surface area contributed by atoms with Gasteiger partial charge in [-0.2, -0.15) is 0 Å². The first kappa shape index (κ1) is 17.1. The van der Waals surface area contributed by atoms with Crippen molar-refractivity contribution in [2.45, 2.75) is 25.8 Å². The van der Waals surface area contributed by atoms with Crippen LogP contribution in [0.5, 0.6) is 0 Å². The third-order valence-electron chi connectivity index (χ3n) is 4.15. The van der Waals surface area contributed by atoms with Crippen LogP contribution in [0.2, 0.25) is 0 Å². The van der Waals surface area contributed by atoms with Gasteiger partial charge in [0.2, 0.25) is 5.91 Å². The maximum Gasteiger partial charge on any atom is 0.251 e. The molecule has 0 aromatic heterocycles. The number of rotatable bonds is 5. The van der Waals surface area contributed by atoms with Gasteiger partial charge in [-0.15, -0.1) is 0 Å². The summed E-state index contributed by atoms with van der Waals surface area (Å²) in [5.41, 5.74) is 1.53. The Bertz CT molecular complexity index is 802. The number of hydrogen-bond donors (Lipinski definition) is 2. The summed E-state index contributed by atoms with van der Waals surface area (Å²) >= 11 is 0. The molecule has 1 aliphatic carbocycles. The molecule has 2 aromatic rings. The average molecular weight is 344 g/mol. The quantitative estimate of drug-likeness (QED) is 0.867. The highest BCUT2D eigenvalue weighted by atomic mass is 19.2. The molecule has 0 heterocycles. The Hall–Kier alpha value is -2.76. The Morgan fingerprint density at radius 1 is 1.04 bits per heavy atom. The molecule has 0 radical (unpaired) electrons. The summed E-state index contributed by atoms with van der Waals surface area (Å²) in [6.07, 6.45) is 1.85. The molecular formula is C19H18F2N2O2. The van der Waals surface area contributed by atoms with Crippen LogP contribution in [0.3, 0.4) is 0 Å². The number of carbonyl (C=O) groups excluding carboxylic acids is 2. The molecule has 1 fully saturated rings.